The summed E-state index contributed by atoms with van der Waals surface area (Å²) in [5.41, 5.74) is 6.45. The Bertz CT molecular complexity index is 284. The first-order valence-corrected chi connectivity index (χ1v) is 7.54. The number of benzene rings is 1. The van der Waals surface area contributed by atoms with Crippen LogP contribution in [-0.2, 0) is 9.47 Å². The van der Waals surface area contributed by atoms with Crippen molar-refractivity contribution in [2.24, 2.45) is 0 Å². The van der Waals surface area contributed by atoms with Crippen LogP contribution in [0, 0.1) is 0 Å². The van der Waals surface area contributed by atoms with Gasteiger partial charge in [0.2, 0.25) is 0 Å². The van der Waals surface area contributed by atoms with Crippen LogP contribution in [0.1, 0.15) is 13.8 Å². The summed E-state index contributed by atoms with van der Waals surface area (Å²) < 4.78 is 12.3. The molecule has 0 unspecified atom stereocenters. The Morgan fingerprint density at radius 1 is 1.12 bits per heavy atom. The van der Waals surface area contributed by atoms with Gasteiger partial charge < -0.3 is 0 Å². The van der Waals surface area contributed by atoms with E-state index >= 15 is 0 Å². The molecule has 0 spiro atoms. The summed E-state index contributed by atoms with van der Waals surface area (Å²) in [6, 6.07) is 8.02. The molecule has 0 aliphatic heterocycles. The molecule has 0 saturated carbocycles. The van der Waals surface area contributed by atoms with Gasteiger partial charge in [-0.3, -0.25) is 0 Å². The fourth-order valence-electron chi connectivity index (χ4n) is 1.24. The van der Waals surface area contributed by atoms with Gasteiger partial charge in [0.05, 0.1) is 0 Å². The second-order valence-electron chi connectivity index (χ2n) is 3.22. The van der Waals surface area contributed by atoms with Crippen molar-refractivity contribution in [3.8, 4) is 0 Å². The Kier molecular flexibility index (Phi) is 6.50. The van der Waals surface area contributed by atoms with E-state index in [-0.39, 0.29) is 6.29 Å². The number of rotatable bonds is 7. The molecule has 4 heteroatoms. The van der Waals surface area contributed by atoms with Gasteiger partial charge >= 0.3 is 103 Å². The summed E-state index contributed by atoms with van der Waals surface area (Å²) in [5.74, 6) is 0. The van der Waals surface area contributed by atoms with Gasteiger partial charge in [-0.05, 0) is 0 Å². The van der Waals surface area contributed by atoms with E-state index in [9.17, 15) is 0 Å². The van der Waals surface area contributed by atoms with Crippen molar-refractivity contribution in [3.05, 3.63) is 24.3 Å². The molecule has 3 nitrogen and oxygen atoms in total. The van der Waals surface area contributed by atoms with E-state index in [0.29, 0.717) is 28.2 Å². The first-order valence-electron chi connectivity index (χ1n) is 5.47. The third-order valence-corrected chi connectivity index (χ3v) is 4.16. The molecule has 0 heterocycles. The van der Waals surface area contributed by atoms with Gasteiger partial charge in [-0.2, -0.15) is 0 Å². The zero-order chi connectivity index (χ0) is 11.8. The van der Waals surface area contributed by atoms with Crippen molar-refractivity contribution < 1.29 is 9.47 Å². The molecule has 16 heavy (non-hydrogen) atoms. The van der Waals surface area contributed by atoms with Crippen LogP contribution in [0.5, 0.6) is 0 Å². The van der Waals surface area contributed by atoms with Gasteiger partial charge in [0, 0.05) is 0 Å². The standard InChI is InChI=1S/C12H19NO2Se/c1-3-14-12(15-4-2)9-16-11-7-5-10(13)6-8-11/h5-8,12H,3-4,9,13H2,1-2H3. The zero-order valence-electron chi connectivity index (χ0n) is 9.81. The van der Waals surface area contributed by atoms with Crippen LogP contribution in [0.15, 0.2) is 24.3 Å². The second-order valence-corrected chi connectivity index (χ2v) is 5.51. The van der Waals surface area contributed by atoms with Crippen molar-refractivity contribution >= 4 is 25.1 Å². The molecule has 0 aromatic heterocycles. The monoisotopic (exact) mass is 289 g/mol. The fourth-order valence-corrected chi connectivity index (χ4v) is 3.03. The SMILES string of the molecule is CCOC(C[Se]c1ccc(N)cc1)OCC. The zero-order valence-corrected chi connectivity index (χ0v) is 11.5. The predicted octanol–water partition coefficient (Wildman–Crippen LogP) is 1.42. The molecule has 0 aliphatic rings. The molecule has 1 aromatic rings. The number of nitrogen functional groups attached to an aromatic ring is 1. The number of hydrogen-bond donors (Lipinski definition) is 1. The van der Waals surface area contributed by atoms with Crippen molar-refractivity contribution in [1.29, 1.82) is 0 Å². The first-order chi connectivity index (χ1) is 7.76. The summed E-state index contributed by atoms with van der Waals surface area (Å²) in [6.45, 7) is 5.37. The van der Waals surface area contributed by atoms with Gasteiger partial charge in [-0.1, -0.05) is 0 Å². The van der Waals surface area contributed by atoms with Crippen LogP contribution in [0.4, 0.5) is 5.69 Å². The fraction of sp³-hybridized carbons (Fsp3) is 0.500. The van der Waals surface area contributed by atoms with Crippen molar-refractivity contribution in [2.45, 2.75) is 25.5 Å². The van der Waals surface area contributed by atoms with Gasteiger partial charge in [0.15, 0.2) is 0 Å². The quantitative estimate of drug-likeness (QED) is 0.469. The number of nitrogens with two attached hydrogens (primary N) is 1. The molecule has 1 aromatic carbocycles. The molecule has 0 amide bonds. The molecule has 90 valence electrons. The normalized spacial score (nSPS) is 10.9. The second kappa shape index (κ2) is 7.69. The Morgan fingerprint density at radius 3 is 2.19 bits per heavy atom. The van der Waals surface area contributed by atoms with Crippen LogP contribution in [0.3, 0.4) is 0 Å². The van der Waals surface area contributed by atoms with E-state index in [4.69, 9.17) is 15.2 Å². The van der Waals surface area contributed by atoms with E-state index < -0.39 is 0 Å². The van der Waals surface area contributed by atoms with Crippen LogP contribution in [0.2, 0.25) is 5.32 Å². The van der Waals surface area contributed by atoms with Gasteiger partial charge in [-0.25, -0.2) is 0 Å². The average Bonchev–Trinajstić information content (AvgIpc) is 2.29. The van der Waals surface area contributed by atoms with Crippen LogP contribution in [-0.4, -0.2) is 34.5 Å². The van der Waals surface area contributed by atoms with E-state index in [0.717, 1.165) is 11.0 Å². The summed E-state index contributed by atoms with van der Waals surface area (Å²) in [6.07, 6.45) is -0.0625. The molecule has 0 fully saturated rings. The van der Waals surface area contributed by atoms with Crippen LogP contribution < -0.4 is 10.2 Å². The third-order valence-electron chi connectivity index (χ3n) is 1.97. The Hall–Kier alpha value is -0.541. The predicted molar refractivity (Wildman–Crippen MR) is 68.1 cm³/mol. The minimum atomic E-state index is -0.0625. The van der Waals surface area contributed by atoms with E-state index in [1.807, 2.05) is 26.0 Å². The minimum absolute atomic E-state index is 0.0625. The van der Waals surface area contributed by atoms with E-state index in [1.165, 1.54) is 4.46 Å². The maximum absolute atomic E-state index is 5.64. The van der Waals surface area contributed by atoms with Crippen molar-refractivity contribution in [2.75, 3.05) is 18.9 Å². The Morgan fingerprint density at radius 2 is 1.69 bits per heavy atom. The number of ether oxygens (including phenoxy) is 2. The molecular formula is C12H19NO2Se. The number of hydrogen-bond acceptors (Lipinski definition) is 3. The molecule has 2 N–H and O–H groups in total. The molecular weight excluding hydrogens is 269 g/mol. The summed E-state index contributed by atoms with van der Waals surface area (Å²) in [4.78, 5) is 0. The van der Waals surface area contributed by atoms with Crippen molar-refractivity contribution in [3.63, 3.8) is 0 Å². The maximum atomic E-state index is 5.64. The third kappa shape index (κ3) is 4.99. The molecule has 0 radical (unpaired) electrons. The molecule has 0 atom stereocenters. The molecule has 1 rings (SSSR count). The van der Waals surface area contributed by atoms with Gasteiger partial charge in [0.1, 0.15) is 0 Å². The summed E-state index contributed by atoms with van der Waals surface area (Å²) in [5, 5.41) is 0.943. The summed E-state index contributed by atoms with van der Waals surface area (Å²) in [7, 11) is 0. The molecule has 0 saturated heterocycles. The average molecular weight is 288 g/mol. The first kappa shape index (κ1) is 13.5. The van der Waals surface area contributed by atoms with Crippen molar-refractivity contribution in [1.82, 2.24) is 0 Å². The van der Waals surface area contributed by atoms with Gasteiger partial charge in [-0.15, -0.1) is 0 Å². The van der Waals surface area contributed by atoms with Crippen LogP contribution in [0.25, 0.3) is 0 Å². The topological polar surface area (TPSA) is 44.5 Å². The van der Waals surface area contributed by atoms with E-state index in [1.54, 1.807) is 0 Å². The Balaban J connectivity index is 2.38. The van der Waals surface area contributed by atoms with Gasteiger partial charge in [0.25, 0.3) is 0 Å². The molecule has 0 bridgehead atoms. The molecule has 0 aliphatic carbocycles. The Labute approximate surface area is 103 Å². The van der Waals surface area contributed by atoms with E-state index in [2.05, 4.69) is 12.1 Å². The summed E-state index contributed by atoms with van der Waals surface area (Å²) >= 11 is 0.378. The van der Waals surface area contributed by atoms with Crippen LogP contribution >= 0.6 is 0 Å². The number of anilines is 1.